The van der Waals surface area contributed by atoms with Crippen LogP contribution in [0.25, 0.3) is 16.9 Å². The van der Waals surface area contributed by atoms with Crippen molar-refractivity contribution in [1.29, 1.82) is 0 Å². The molecule has 0 spiro atoms. The predicted molar refractivity (Wildman–Crippen MR) is 105 cm³/mol. The molecular formula is C21H19N5O2. The van der Waals surface area contributed by atoms with Crippen LogP contribution in [-0.2, 0) is 17.8 Å². The third-order valence-corrected chi connectivity index (χ3v) is 4.38. The topological polar surface area (TPSA) is 81.4 Å². The first-order chi connectivity index (χ1) is 13.7. The first-order valence-electron chi connectivity index (χ1n) is 8.90. The smallest absolute Gasteiger partial charge is 0.224 e. The minimum atomic E-state index is -0.125. The summed E-state index contributed by atoms with van der Waals surface area (Å²) in [7, 11) is 1.59. The molecule has 1 amide bonds. The molecule has 1 N–H and O–H groups in total. The standard InChI is InChI=1S/C21H19N5O2/c1-28-18-10-6-5-9-16(18)13-21(27)22-14-20-24-23-19-12-11-17(25-26(19)20)15-7-3-2-4-8-15/h2-12H,13-14H2,1H3,(H,22,27). The van der Waals surface area contributed by atoms with Gasteiger partial charge in [-0.2, -0.15) is 9.61 Å². The molecule has 0 aliphatic rings. The van der Waals surface area contributed by atoms with Crippen molar-refractivity contribution in [2.45, 2.75) is 13.0 Å². The van der Waals surface area contributed by atoms with E-state index in [1.54, 1.807) is 11.6 Å². The molecule has 0 unspecified atom stereocenters. The Morgan fingerprint density at radius 3 is 2.61 bits per heavy atom. The van der Waals surface area contributed by atoms with Crippen molar-refractivity contribution >= 4 is 11.6 Å². The summed E-state index contributed by atoms with van der Waals surface area (Å²) in [5, 5.41) is 15.8. The minimum Gasteiger partial charge on any atom is -0.496 e. The highest BCUT2D eigenvalue weighted by atomic mass is 16.5. The molecule has 0 aliphatic carbocycles. The number of aromatic nitrogens is 4. The van der Waals surface area contributed by atoms with Crippen LogP contribution in [0.15, 0.2) is 66.7 Å². The Balaban J connectivity index is 1.49. The van der Waals surface area contributed by atoms with Gasteiger partial charge in [-0.25, -0.2) is 0 Å². The number of fused-ring (bicyclic) bond motifs is 1. The van der Waals surface area contributed by atoms with E-state index in [1.165, 1.54) is 0 Å². The Morgan fingerprint density at radius 2 is 1.79 bits per heavy atom. The molecule has 4 aromatic rings. The van der Waals surface area contributed by atoms with E-state index in [0.29, 0.717) is 17.2 Å². The number of benzene rings is 2. The van der Waals surface area contributed by atoms with Crippen LogP contribution < -0.4 is 10.1 Å². The van der Waals surface area contributed by atoms with E-state index in [4.69, 9.17) is 4.74 Å². The van der Waals surface area contributed by atoms with Crippen molar-refractivity contribution in [1.82, 2.24) is 25.1 Å². The van der Waals surface area contributed by atoms with Gasteiger partial charge in [0.05, 0.1) is 25.8 Å². The van der Waals surface area contributed by atoms with Crippen LogP contribution >= 0.6 is 0 Å². The number of nitrogens with zero attached hydrogens (tertiary/aromatic N) is 4. The summed E-state index contributed by atoms with van der Waals surface area (Å²) in [5.74, 6) is 1.14. The van der Waals surface area contributed by atoms with Crippen molar-refractivity contribution in [3.63, 3.8) is 0 Å². The molecular weight excluding hydrogens is 354 g/mol. The van der Waals surface area contributed by atoms with E-state index < -0.39 is 0 Å². The summed E-state index contributed by atoms with van der Waals surface area (Å²) >= 11 is 0. The Labute approximate surface area is 162 Å². The van der Waals surface area contributed by atoms with Crippen LogP contribution in [-0.4, -0.2) is 32.8 Å². The highest BCUT2D eigenvalue weighted by Gasteiger charge is 2.12. The Kier molecular flexibility index (Phi) is 4.97. The molecule has 28 heavy (non-hydrogen) atoms. The van der Waals surface area contributed by atoms with Gasteiger partial charge in [0.25, 0.3) is 0 Å². The fourth-order valence-corrected chi connectivity index (χ4v) is 2.97. The van der Waals surface area contributed by atoms with Crippen molar-refractivity contribution in [3.8, 4) is 17.0 Å². The Bertz CT molecular complexity index is 1110. The number of methoxy groups -OCH3 is 1. The van der Waals surface area contributed by atoms with E-state index in [-0.39, 0.29) is 18.9 Å². The van der Waals surface area contributed by atoms with Gasteiger partial charge in [-0.15, -0.1) is 10.2 Å². The lowest BCUT2D eigenvalue weighted by atomic mass is 10.1. The van der Waals surface area contributed by atoms with Crippen LogP contribution in [0, 0.1) is 0 Å². The molecule has 0 aliphatic heterocycles. The van der Waals surface area contributed by atoms with Gasteiger partial charge < -0.3 is 10.1 Å². The summed E-state index contributed by atoms with van der Waals surface area (Å²) in [6.07, 6.45) is 0.226. The van der Waals surface area contributed by atoms with Gasteiger partial charge in [-0.3, -0.25) is 4.79 Å². The first kappa shape index (κ1) is 17.7. The molecule has 0 atom stereocenters. The maximum absolute atomic E-state index is 12.4. The molecule has 2 heterocycles. The zero-order valence-corrected chi connectivity index (χ0v) is 15.4. The molecule has 0 saturated heterocycles. The second-order valence-electron chi connectivity index (χ2n) is 6.24. The molecule has 7 heteroatoms. The maximum atomic E-state index is 12.4. The molecule has 4 rings (SSSR count). The number of para-hydroxylation sites is 1. The van der Waals surface area contributed by atoms with Gasteiger partial charge in [0.15, 0.2) is 11.5 Å². The second-order valence-corrected chi connectivity index (χ2v) is 6.24. The van der Waals surface area contributed by atoms with Crippen LogP contribution in [0.1, 0.15) is 11.4 Å². The van der Waals surface area contributed by atoms with Crippen LogP contribution in [0.4, 0.5) is 0 Å². The quantitative estimate of drug-likeness (QED) is 0.562. The lowest BCUT2D eigenvalue weighted by Gasteiger charge is -2.08. The summed E-state index contributed by atoms with van der Waals surface area (Å²) in [6.45, 7) is 0.237. The molecule has 0 bridgehead atoms. The second kappa shape index (κ2) is 7.87. The van der Waals surface area contributed by atoms with Crippen molar-refractivity contribution < 1.29 is 9.53 Å². The van der Waals surface area contributed by atoms with Crippen molar-refractivity contribution in [2.24, 2.45) is 0 Å². The van der Waals surface area contributed by atoms with Crippen LogP contribution in [0.3, 0.4) is 0 Å². The van der Waals surface area contributed by atoms with Crippen molar-refractivity contribution in [3.05, 3.63) is 78.1 Å². The van der Waals surface area contributed by atoms with Crippen molar-refractivity contribution in [2.75, 3.05) is 7.11 Å². The number of carbonyl (C=O) groups excluding carboxylic acids is 1. The first-order valence-corrected chi connectivity index (χ1v) is 8.90. The minimum absolute atomic E-state index is 0.125. The monoisotopic (exact) mass is 373 g/mol. The summed E-state index contributed by atoms with van der Waals surface area (Å²) < 4.78 is 6.95. The molecule has 2 aromatic carbocycles. The van der Waals surface area contributed by atoms with E-state index in [0.717, 1.165) is 16.8 Å². The van der Waals surface area contributed by atoms with E-state index >= 15 is 0 Å². The van der Waals surface area contributed by atoms with Gasteiger partial charge in [-0.05, 0) is 18.2 Å². The Morgan fingerprint density at radius 1 is 1.00 bits per heavy atom. The highest BCUT2D eigenvalue weighted by Crippen LogP contribution is 2.18. The lowest BCUT2D eigenvalue weighted by Crippen LogP contribution is -2.26. The number of amides is 1. The third kappa shape index (κ3) is 3.68. The fourth-order valence-electron chi connectivity index (χ4n) is 2.97. The van der Waals surface area contributed by atoms with Crippen LogP contribution in [0.2, 0.25) is 0 Å². The molecule has 140 valence electrons. The number of hydrogen-bond acceptors (Lipinski definition) is 5. The largest absolute Gasteiger partial charge is 0.496 e. The number of nitrogens with one attached hydrogen (secondary N) is 1. The van der Waals surface area contributed by atoms with E-state index in [1.807, 2.05) is 66.7 Å². The number of hydrogen-bond donors (Lipinski definition) is 1. The van der Waals surface area contributed by atoms with E-state index in [9.17, 15) is 4.79 Å². The average Bonchev–Trinajstić information content (AvgIpc) is 3.15. The number of ether oxygens (including phenoxy) is 1. The molecule has 0 radical (unpaired) electrons. The highest BCUT2D eigenvalue weighted by molar-refractivity contribution is 5.79. The molecule has 2 aromatic heterocycles. The Hall–Kier alpha value is -3.74. The normalized spacial score (nSPS) is 10.8. The zero-order valence-electron chi connectivity index (χ0n) is 15.4. The average molecular weight is 373 g/mol. The lowest BCUT2D eigenvalue weighted by molar-refractivity contribution is -0.120. The van der Waals surface area contributed by atoms with E-state index in [2.05, 4.69) is 20.6 Å². The van der Waals surface area contributed by atoms with Gasteiger partial charge >= 0.3 is 0 Å². The predicted octanol–water partition coefficient (Wildman–Crippen LogP) is 2.66. The molecule has 7 nitrogen and oxygen atoms in total. The molecule has 0 saturated carbocycles. The van der Waals surface area contributed by atoms with Gasteiger partial charge in [0, 0.05) is 11.1 Å². The van der Waals surface area contributed by atoms with Gasteiger partial charge in [0.2, 0.25) is 5.91 Å². The molecule has 0 fully saturated rings. The number of carbonyl (C=O) groups is 1. The number of rotatable bonds is 6. The SMILES string of the molecule is COc1ccccc1CC(=O)NCc1nnc2ccc(-c3ccccc3)nn12. The van der Waals surface area contributed by atoms with Crippen LogP contribution in [0.5, 0.6) is 5.75 Å². The van der Waals surface area contributed by atoms with Gasteiger partial charge in [0.1, 0.15) is 5.75 Å². The fraction of sp³-hybridized carbons (Fsp3) is 0.143. The zero-order chi connectivity index (χ0) is 19.3. The summed E-state index contributed by atoms with van der Waals surface area (Å²) in [5.41, 5.74) is 3.28. The third-order valence-electron chi connectivity index (χ3n) is 4.38. The summed E-state index contributed by atoms with van der Waals surface area (Å²) in [4.78, 5) is 12.4. The maximum Gasteiger partial charge on any atom is 0.224 e. The van der Waals surface area contributed by atoms with Gasteiger partial charge in [-0.1, -0.05) is 48.5 Å². The summed E-state index contributed by atoms with van der Waals surface area (Å²) in [6, 6.07) is 21.1.